The van der Waals surface area contributed by atoms with Crippen LogP contribution in [0.2, 0.25) is 0 Å². The Balaban J connectivity index is 2.70. The molecule has 0 aliphatic carbocycles. The molecule has 6 nitrogen and oxygen atoms in total. The van der Waals surface area contributed by atoms with Gasteiger partial charge in [-0.3, -0.25) is 9.78 Å². The van der Waals surface area contributed by atoms with Gasteiger partial charge in [-0.05, 0) is 18.6 Å². The first kappa shape index (κ1) is 14.6. The molecular weight excluding hydrogens is 256 g/mol. The highest BCUT2D eigenvalue weighted by molar-refractivity contribution is 7.90. The molecule has 0 atom stereocenters. The van der Waals surface area contributed by atoms with Crippen molar-refractivity contribution in [3.8, 4) is 0 Å². The van der Waals surface area contributed by atoms with Gasteiger partial charge in [0.25, 0.3) is 5.91 Å². The summed E-state index contributed by atoms with van der Waals surface area (Å²) in [6, 6.07) is 2.89. The molecule has 7 heteroatoms. The summed E-state index contributed by atoms with van der Waals surface area (Å²) in [4.78, 5) is 15.4. The van der Waals surface area contributed by atoms with Crippen molar-refractivity contribution in [1.82, 2.24) is 9.71 Å². The van der Waals surface area contributed by atoms with Crippen molar-refractivity contribution in [2.45, 2.75) is 26.4 Å². The van der Waals surface area contributed by atoms with Crippen molar-refractivity contribution in [2.24, 2.45) is 0 Å². The SMILES string of the molecule is CCCCS(=O)(=O)NC(=O)c1ccc(CO)nc1. The van der Waals surface area contributed by atoms with Crippen LogP contribution in [0.15, 0.2) is 18.3 Å². The van der Waals surface area contributed by atoms with Crippen molar-refractivity contribution in [2.75, 3.05) is 5.75 Å². The van der Waals surface area contributed by atoms with Gasteiger partial charge in [-0.2, -0.15) is 0 Å². The summed E-state index contributed by atoms with van der Waals surface area (Å²) < 4.78 is 25.0. The predicted molar refractivity (Wildman–Crippen MR) is 66.3 cm³/mol. The second kappa shape index (κ2) is 6.46. The highest BCUT2D eigenvalue weighted by Gasteiger charge is 2.15. The minimum absolute atomic E-state index is 0.0720. The summed E-state index contributed by atoms with van der Waals surface area (Å²) in [6.07, 6.45) is 2.47. The predicted octanol–water partition coefficient (Wildman–Crippen LogP) is 0.434. The summed E-state index contributed by atoms with van der Waals surface area (Å²) in [5.41, 5.74) is 0.563. The number of nitrogens with one attached hydrogen (secondary N) is 1. The number of nitrogens with zero attached hydrogens (tertiary/aromatic N) is 1. The normalized spacial score (nSPS) is 11.2. The average Bonchev–Trinajstić information content (AvgIpc) is 2.36. The first-order valence-electron chi connectivity index (χ1n) is 5.59. The van der Waals surface area contributed by atoms with E-state index in [9.17, 15) is 13.2 Å². The number of sulfonamides is 1. The number of rotatable bonds is 6. The van der Waals surface area contributed by atoms with E-state index in [-0.39, 0.29) is 17.9 Å². The Morgan fingerprint density at radius 2 is 2.17 bits per heavy atom. The summed E-state index contributed by atoms with van der Waals surface area (Å²) >= 11 is 0. The fourth-order valence-corrected chi connectivity index (χ4v) is 2.41. The van der Waals surface area contributed by atoms with Gasteiger partial charge in [0, 0.05) is 6.20 Å². The number of hydrogen-bond acceptors (Lipinski definition) is 5. The molecule has 0 fully saturated rings. The Morgan fingerprint density at radius 1 is 1.44 bits per heavy atom. The van der Waals surface area contributed by atoms with Crippen LogP contribution < -0.4 is 4.72 Å². The lowest BCUT2D eigenvalue weighted by Crippen LogP contribution is -2.32. The Labute approximate surface area is 106 Å². The van der Waals surface area contributed by atoms with Crippen LogP contribution in [0.5, 0.6) is 0 Å². The first-order valence-corrected chi connectivity index (χ1v) is 7.24. The number of hydrogen-bond donors (Lipinski definition) is 2. The van der Waals surface area contributed by atoms with Gasteiger partial charge in [-0.1, -0.05) is 13.3 Å². The van der Waals surface area contributed by atoms with Gasteiger partial charge in [0.15, 0.2) is 0 Å². The number of pyridine rings is 1. The molecule has 0 unspecified atom stereocenters. The molecule has 1 amide bonds. The summed E-state index contributed by atoms with van der Waals surface area (Å²) in [6.45, 7) is 1.64. The van der Waals surface area contributed by atoms with Crippen LogP contribution in [-0.2, 0) is 16.6 Å². The molecule has 100 valence electrons. The van der Waals surface area contributed by atoms with Crippen molar-refractivity contribution in [3.05, 3.63) is 29.6 Å². The molecule has 0 radical (unpaired) electrons. The molecule has 0 aliphatic heterocycles. The smallest absolute Gasteiger partial charge is 0.266 e. The van der Waals surface area contributed by atoms with Crippen LogP contribution in [0.25, 0.3) is 0 Å². The molecule has 1 heterocycles. The van der Waals surface area contributed by atoms with Crippen molar-refractivity contribution in [1.29, 1.82) is 0 Å². The zero-order valence-electron chi connectivity index (χ0n) is 10.1. The molecule has 0 spiro atoms. The molecule has 2 N–H and O–H groups in total. The molecule has 1 rings (SSSR count). The van der Waals surface area contributed by atoms with E-state index in [2.05, 4.69) is 4.98 Å². The molecule has 0 saturated carbocycles. The van der Waals surface area contributed by atoms with Gasteiger partial charge in [0.05, 0.1) is 23.6 Å². The number of aliphatic hydroxyl groups excluding tert-OH is 1. The number of carbonyl (C=O) groups is 1. The fraction of sp³-hybridized carbons (Fsp3) is 0.455. The molecule has 1 aromatic rings. The third-order valence-electron chi connectivity index (χ3n) is 2.26. The number of aliphatic hydroxyl groups is 1. The van der Waals surface area contributed by atoms with Crippen LogP contribution >= 0.6 is 0 Å². The minimum atomic E-state index is -3.58. The maximum Gasteiger partial charge on any atom is 0.266 e. The lowest BCUT2D eigenvalue weighted by molar-refractivity contribution is 0.0981. The van der Waals surface area contributed by atoms with Crippen molar-refractivity contribution >= 4 is 15.9 Å². The molecular formula is C11H16N2O4S. The molecule has 1 aromatic heterocycles. The standard InChI is InChI=1S/C11H16N2O4S/c1-2-3-6-18(16,17)13-11(15)9-4-5-10(8-14)12-7-9/h4-5,7,14H,2-3,6,8H2,1H3,(H,13,15). The van der Waals surface area contributed by atoms with Crippen LogP contribution in [0.4, 0.5) is 0 Å². The highest BCUT2D eigenvalue weighted by Crippen LogP contribution is 2.02. The van der Waals surface area contributed by atoms with E-state index in [1.165, 1.54) is 18.3 Å². The lowest BCUT2D eigenvalue weighted by atomic mass is 10.2. The van der Waals surface area contributed by atoms with Gasteiger partial charge in [-0.15, -0.1) is 0 Å². The Morgan fingerprint density at radius 3 is 2.67 bits per heavy atom. The van der Waals surface area contributed by atoms with E-state index in [0.29, 0.717) is 12.1 Å². The summed E-state index contributed by atoms with van der Waals surface area (Å²) in [5.74, 6) is -0.778. The van der Waals surface area contributed by atoms with Crippen molar-refractivity contribution in [3.63, 3.8) is 0 Å². The van der Waals surface area contributed by atoms with E-state index < -0.39 is 15.9 Å². The number of amides is 1. The highest BCUT2D eigenvalue weighted by atomic mass is 32.2. The van der Waals surface area contributed by atoms with E-state index in [1.54, 1.807) is 0 Å². The van der Waals surface area contributed by atoms with Gasteiger partial charge < -0.3 is 5.11 Å². The summed E-state index contributed by atoms with van der Waals surface area (Å²) in [7, 11) is -3.58. The first-order chi connectivity index (χ1) is 8.48. The second-order valence-corrected chi connectivity index (χ2v) is 5.64. The zero-order valence-corrected chi connectivity index (χ0v) is 10.9. The van der Waals surface area contributed by atoms with Gasteiger partial charge >= 0.3 is 0 Å². The number of aromatic nitrogens is 1. The fourth-order valence-electron chi connectivity index (χ4n) is 1.24. The van der Waals surface area contributed by atoms with E-state index in [1.807, 2.05) is 11.6 Å². The topological polar surface area (TPSA) is 96.4 Å². The van der Waals surface area contributed by atoms with E-state index >= 15 is 0 Å². The second-order valence-electron chi connectivity index (χ2n) is 3.80. The molecule has 18 heavy (non-hydrogen) atoms. The van der Waals surface area contributed by atoms with Crippen LogP contribution in [0, 0.1) is 0 Å². The number of carbonyl (C=O) groups excluding carboxylic acids is 1. The van der Waals surface area contributed by atoms with Gasteiger partial charge in [0.2, 0.25) is 10.0 Å². The molecule has 0 aromatic carbocycles. The molecule has 0 saturated heterocycles. The maximum absolute atomic E-state index is 11.6. The third-order valence-corrected chi connectivity index (χ3v) is 3.59. The molecule has 0 bridgehead atoms. The van der Waals surface area contributed by atoms with Gasteiger partial charge in [-0.25, -0.2) is 13.1 Å². The maximum atomic E-state index is 11.6. The third kappa shape index (κ3) is 4.42. The Kier molecular flexibility index (Phi) is 5.24. The summed E-state index contributed by atoms with van der Waals surface area (Å²) in [5, 5.41) is 8.79. The van der Waals surface area contributed by atoms with Crippen LogP contribution in [0.1, 0.15) is 35.8 Å². The monoisotopic (exact) mass is 272 g/mol. The Hall–Kier alpha value is -1.47. The quantitative estimate of drug-likeness (QED) is 0.783. The average molecular weight is 272 g/mol. The van der Waals surface area contributed by atoms with E-state index in [0.717, 1.165) is 6.42 Å². The number of unbranched alkanes of at least 4 members (excludes halogenated alkanes) is 1. The van der Waals surface area contributed by atoms with Crippen LogP contribution in [-0.4, -0.2) is 30.2 Å². The lowest BCUT2D eigenvalue weighted by Gasteiger charge is -2.06. The van der Waals surface area contributed by atoms with Gasteiger partial charge in [0.1, 0.15) is 0 Å². The van der Waals surface area contributed by atoms with Crippen LogP contribution in [0.3, 0.4) is 0 Å². The largest absolute Gasteiger partial charge is 0.390 e. The van der Waals surface area contributed by atoms with Crippen molar-refractivity contribution < 1.29 is 18.3 Å². The Bertz CT molecular complexity index is 496. The molecule has 0 aliphatic rings. The minimum Gasteiger partial charge on any atom is -0.390 e. The zero-order chi connectivity index (χ0) is 13.6. The van der Waals surface area contributed by atoms with E-state index in [4.69, 9.17) is 5.11 Å².